The lowest BCUT2D eigenvalue weighted by molar-refractivity contribution is 0.122. The van der Waals surface area contributed by atoms with E-state index in [2.05, 4.69) is 40.3 Å². The second-order valence-electron chi connectivity index (χ2n) is 11.2. The first-order valence-electron chi connectivity index (χ1n) is 13.7. The Labute approximate surface area is 225 Å². The first-order chi connectivity index (χ1) is 17.9. The Morgan fingerprint density at radius 1 is 1.03 bits per heavy atom. The van der Waals surface area contributed by atoms with Gasteiger partial charge >= 0.3 is 0 Å². The van der Waals surface area contributed by atoms with Crippen LogP contribution < -0.4 is 20.4 Å². The number of hydrogen-bond donors (Lipinski definition) is 2. The van der Waals surface area contributed by atoms with Crippen LogP contribution in [0.2, 0.25) is 0 Å². The molecule has 1 aromatic heterocycles. The predicted molar refractivity (Wildman–Crippen MR) is 151 cm³/mol. The molecule has 0 radical (unpaired) electrons. The maximum Gasteiger partial charge on any atom is 0.232 e. The standard InChI is InChI=1S/C28H39FN6OS/c1-20-15-21(2)18-35(17-20)25-16-24(34-11-13-36-14-12-34)31-26(32-25)33-27(37)30-19-28(9-3-4-10-28)22-5-7-23(29)8-6-22/h5-8,16,20-21H,3-4,9-15,17-19H2,1-2H3,(H2,30,31,32,33,37)/t20-,21-/m0/s1. The Morgan fingerprint density at radius 2 is 1.65 bits per heavy atom. The molecule has 1 saturated carbocycles. The Hall–Kier alpha value is -2.52. The van der Waals surface area contributed by atoms with Gasteiger partial charge in [0, 0.05) is 44.2 Å². The van der Waals surface area contributed by atoms with Gasteiger partial charge in [-0.1, -0.05) is 38.8 Å². The molecule has 2 aromatic rings. The zero-order chi connectivity index (χ0) is 25.8. The first-order valence-corrected chi connectivity index (χ1v) is 14.1. The van der Waals surface area contributed by atoms with Crippen LogP contribution in [-0.2, 0) is 10.2 Å². The van der Waals surface area contributed by atoms with E-state index in [4.69, 9.17) is 26.9 Å². The monoisotopic (exact) mass is 526 g/mol. The van der Waals surface area contributed by atoms with Gasteiger partial charge in [-0.25, -0.2) is 4.39 Å². The average Bonchev–Trinajstić information content (AvgIpc) is 3.38. The highest BCUT2D eigenvalue weighted by atomic mass is 32.1. The maximum absolute atomic E-state index is 13.6. The second kappa shape index (κ2) is 11.5. The highest BCUT2D eigenvalue weighted by Gasteiger charge is 2.35. The van der Waals surface area contributed by atoms with Crippen LogP contribution in [0.3, 0.4) is 0 Å². The van der Waals surface area contributed by atoms with Gasteiger partial charge in [-0.2, -0.15) is 9.97 Å². The van der Waals surface area contributed by atoms with Crippen molar-refractivity contribution in [3.05, 3.63) is 41.7 Å². The number of ether oxygens (including phenoxy) is 1. The van der Waals surface area contributed by atoms with E-state index in [1.54, 1.807) is 12.1 Å². The molecule has 1 aromatic carbocycles. The van der Waals surface area contributed by atoms with E-state index in [9.17, 15) is 4.39 Å². The fourth-order valence-corrected chi connectivity index (χ4v) is 6.43. The minimum absolute atomic E-state index is 0.0405. The maximum atomic E-state index is 13.6. The van der Waals surface area contributed by atoms with E-state index in [0.717, 1.165) is 50.7 Å². The van der Waals surface area contributed by atoms with E-state index in [0.29, 0.717) is 42.7 Å². The van der Waals surface area contributed by atoms with E-state index >= 15 is 0 Å². The van der Waals surface area contributed by atoms with Crippen molar-refractivity contribution in [3.63, 3.8) is 0 Å². The molecule has 7 nitrogen and oxygen atoms in total. The summed E-state index contributed by atoms with van der Waals surface area (Å²) >= 11 is 5.72. The summed E-state index contributed by atoms with van der Waals surface area (Å²) in [4.78, 5) is 14.4. The fraction of sp³-hybridized carbons (Fsp3) is 0.607. The molecule has 9 heteroatoms. The number of anilines is 3. The number of benzene rings is 1. The van der Waals surface area contributed by atoms with Gasteiger partial charge in [-0.3, -0.25) is 0 Å². The topological polar surface area (TPSA) is 65.6 Å². The largest absolute Gasteiger partial charge is 0.378 e. The van der Waals surface area contributed by atoms with Crippen molar-refractivity contribution in [3.8, 4) is 0 Å². The minimum Gasteiger partial charge on any atom is -0.378 e. The predicted octanol–water partition coefficient (Wildman–Crippen LogP) is 4.73. The number of halogens is 1. The van der Waals surface area contributed by atoms with Gasteiger partial charge in [-0.15, -0.1) is 0 Å². The Balaban J connectivity index is 1.32. The summed E-state index contributed by atoms with van der Waals surface area (Å²) in [6.45, 7) is 10.3. The smallest absolute Gasteiger partial charge is 0.232 e. The van der Waals surface area contributed by atoms with Crippen molar-refractivity contribution in [1.82, 2.24) is 15.3 Å². The van der Waals surface area contributed by atoms with Crippen molar-refractivity contribution in [2.75, 3.05) is 61.1 Å². The minimum atomic E-state index is -0.201. The zero-order valence-electron chi connectivity index (χ0n) is 22.0. The van der Waals surface area contributed by atoms with E-state index < -0.39 is 0 Å². The molecule has 0 unspecified atom stereocenters. The molecule has 3 aliphatic rings. The molecule has 2 N–H and O–H groups in total. The van der Waals surface area contributed by atoms with Crippen molar-refractivity contribution in [1.29, 1.82) is 0 Å². The van der Waals surface area contributed by atoms with Crippen LogP contribution in [0.25, 0.3) is 0 Å². The number of morpholine rings is 1. The van der Waals surface area contributed by atoms with Crippen LogP contribution in [0, 0.1) is 17.7 Å². The van der Waals surface area contributed by atoms with Crippen LogP contribution in [0.15, 0.2) is 30.3 Å². The molecule has 0 spiro atoms. The Kier molecular flexibility index (Phi) is 8.09. The van der Waals surface area contributed by atoms with Crippen molar-refractivity contribution in [2.24, 2.45) is 11.8 Å². The van der Waals surface area contributed by atoms with Crippen LogP contribution in [0.4, 0.5) is 22.0 Å². The van der Waals surface area contributed by atoms with Crippen LogP contribution in [0.5, 0.6) is 0 Å². The van der Waals surface area contributed by atoms with Gasteiger partial charge in [0.2, 0.25) is 5.95 Å². The molecule has 0 amide bonds. The highest BCUT2D eigenvalue weighted by molar-refractivity contribution is 7.80. The molecule has 2 saturated heterocycles. The lowest BCUT2D eigenvalue weighted by Gasteiger charge is -2.36. The number of nitrogens with one attached hydrogen (secondary N) is 2. The fourth-order valence-electron chi connectivity index (χ4n) is 6.26. The summed E-state index contributed by atoms with van der Waals surface area (Å²) in [5, 5.41) is 7.23. The number of hydrogen-bond acceptors (Lipinski definition) is 6. The zero-order valence-corrected chi connectivity index (χ0v) is 22.8. The van der Waals surface area contributed by atoms with E-state index in [1.807, 2.05) is 12.1 Å². The number of nitrogens with zero attached hydrogens (tertiary/aromatic N) is 4. The van der Waals surface area contributed by atoms with Crippen LogP contribution in [-0.4, -0.2) is 61.0 Å². The number of rotatable bonds is 6. The molecule has 3 heterocycles. The number of thiocarbonyl (C=S) groups is 1. The van der Waals surface area contributed by atoms with Crippen LogP contribution in [0.1, 0.15) is 51.5 Å². The van der Waals surface area contributed by atoms with Gasteiger partial charge in [0.05, 0.1) is 13.2 Å². The number of piperidine rings is 1. The summed E-state index contributed by atoms with van der Waals surface area (Å²) < 4.78 is 19.1. The summed E-state index contributed by atoms with van der Waals surface area (Å²) in [6.07, 6.45) is 5.70. The van der Waals surface area contributed by atoms with Gasteiger partial charge in [0.15, 0.2) is 5.11 Å². The van der Waals surface area contributed by atoms with Gasteiger partial charge < -0.3 is 25.2 Å². The molecular weight excluding hydrogens is 487 g/mol. The second-order valence-corrected chi connectivity index (χ2v) is 11.6. The number of aromatic nitrogens is 2. The highest BCUT2D eigenvalue weighted by Crippen LogP contribution is 2.40. The normalized spacial score (nSPS) is 23.6. The average molecular weight is 527 g/mol. The molecule has 0 bridgehead atoms. The van der Waals surface area contributed by atoms with Gasteiger partial charge in [-0.05, 0) is 61.0 Å². The lowest BCUT2D eigenvalue weighted by Crippen LogP contribution is -2.42. The molecule has 200 valence electrons. The third-order valence-electron chi connectivity index (χ3n) is 8.06. The van der Waals surface area contributed by atoms with E-state index in [-0.39, 0.29) is 11.2 Å². The van der Waals surface area contributed by atoms with Crippen molar-refractivity contribution < 1.29 is 9.13 Å². The Bertz CT molecular complexity index is 1060. The summed E-state index contributed by atoms with van der Waals surface area (Å²) in [7, 11) is 0. The SMILES string of the molecule is C[C@H]1C[C@H](C)CN(c2cc(N3CCOCC3)nc(NC(=S)NCC3(c4ccc(F)cc4)CCCC3)n2)C1. The van der Waals surface area contributed by atoms with Crippen molar-refractivity contribution >= 4 is 34.9 Å². The first kappa shape index (κ1) is 26.1. The third kappa shape index (κ3) is 6.32. The van der Waals surface area contributed by atoms with Gasteiger partial charge in [0.25, 0.3) is 0 Å². The molecule has 2 aliphatic heterocycles. The molecule has 5 rings (SSSR count). The molecule has 3 fully saturated rings. The van der Waals surface area contributed by atoms with Crippen molar-refractivity contribution in [2.45, 2.75) is 51.4 Å². The molecule has 1 aliphatic carbocycles. The lowest BCUT2D eigenvalue weighted by atomic mass is 9.79. The third-order valence-corrected chi connectivity index (χ3v) is 8.30. The molecule has 2 atom stereocenters. The van der Waals surface area contributed by atoms with Crippen LogP contribution >= 0.6 is 12.2 Å². The quantitative estimate of drug-likeness (QED) is 0.524. The van der Waals surface area contributed by atoms with E-state index in [1.165, 1.54) is 24.8 Å². The molecular formula is C28H39FN6OS. The molecule has 37 heavy (non-hydrogen) atoms. The summed E-state index contributed by atoms with van der Waals surface area (Å²) in [5.41, 5.74) is 1.13. The summed E-state index contributed by atoms with van der Waals surface area (Å²) in [6, 6.07) is 9.06. The summed E-state index contributed by atoms with van der Waals surface area (Å²) in [5.74, 6) is 3.41. The Morgan fingerprint density at radius 3 is 2.30 bits per heavy atom. The van der Waals surface area contributed by atoms with Gasteiger partial charge in [0.1, 0.15) is 17.5 Å².